The molecule has 0 aliphatic heterocycles. The van der Waals surface area contributed by atoms with Crippen molar-refractivity contribution < 1.29 is 4.39 Å². The van der Waals surface area contributed by atoms with Crippen molar-refractivity contribution in [3.05, 3.63) is 48.0 Å². The van der Waals surface area contributed by atoms with Crippen LogP contribution in [0.1, 0.15) is 18.5 Å². The highest BCUT2D eigenvalue weighted by atomic mass is 19.1. The molecule has 2 N–H and O–H groups in total. The van der Waals surface area contributed by atoms with Gasteiger partial charge in [0.15, 0.2) is 0 Å². The SMILES string of the molecule is CCN(CC(N)c1cnn(C)c1)c1cccc(F)c1. The van der Waals surface area contributed by atoms with Crippen LogP contribution >= 0.6 is 0 Å². The number of hydrogen-bond donors (Lipinski definition) is 1. The van der Waals surface area contributed by atoms with Crippen molar-refractivity contribution in [3.8, 4) is 0 Å². The standard InChI is InChI=1S/C14H19FN4/c1-3-19(13-6-4-5-12(15)7-13)10-14(16)11-8-17-18(2)9-11/h4-9,14H,3,10,16H2,1-2H3. The zero-order valence-corrected chi connectivity index (χ0v) is 11.3. The molecular weight excluding hydrogens is 243 g/mol. The Kier molecular flexibility index (Phi) is 4.16. The van der Waals surface area contributed by atoms with Crippen LogP contribution in [0.2, 0.25) is 0 Å². The fourth-order valence-electron chi connectivity index (χ4n) is 2.06. The molecule has 1 heterocycles. The van der Waals surface area contributed by atoms with Crippen LogP contribution in [0.3, 0.4) is 0 Å². The van der Waals surface area contributed by atoms with Gasteiger partial charge in [0, 0.05) is 37.6 Å². The van der Waals surface area contributed by atoms with E-state index in [1.54, 1.807) is 16.9 Å². The number of hydrogen-bond acceptors (Lipinski definition) is 3. The number of benzene rings is 1. The smallest absolute Gasteiger partial charge is 0.125 e. The molecule has 0 spiro atoms. The third-order valence-electron chi connectivity index (χ3n) is 3.13. The zero-order valence-electron chi connectivity index (χ0n) is 11.3. The summed E-state index contributed by atoms with van der Waals surface area (Å²) < 4.78 is 15.0. The van der Waals surface area contributed by atoms with Gasteiger partial charge in [0.05, 0.1) is 12.2 Å². The molecule has 0 aliphatic carbocycles. The van der Waals surface area contributed by atoms with Gasteiger partial charge in [0.1, 0.15) is 5.82 Å². The molecular formula is C14H19FN4. The van der Waals surface area contributed by atoms with Crippen LogP contribution in [-0.2, 0) is 7.05 Å². The number of anilines is 1. The first-order valence-electron chi connectivity index (χ1n) is 6.34. The van der Waals surface area contributed by atoms with Crippen LogP contribution in [0.5, 0.6) is 0 Å². The van der Waals surface area contributed by atoms with Crippen LogP contribution in [0.4, 0.5) is 10.1 Å². The Morgan fingerprint density at radius 3 is 2.84 bits per heavy atom. The summed E-state index contributed by atoms with van der Waals surface area (Å²) in [4.78, 5) is 2.06. The van der Waals surface area contributed by atoms with Gasteiger partial charge >= 0.3 is 0 Å². The molecule has 102 valence electrons. The first-order chi connectivity index (χ1) is 9.10. The fraction of sp³-hybridized carbons (Fsp3) is 0.357. The van der Waals surface area contributed by atoms with Gasteiger partial charge in [-0.1, -0.05) is 6.07 Å². The molecule has 0 saturated carbocycles. The Balaban J connectivity index is 2.11. The summed E-state index contributed by atoms with van der Waals surface area (Å²) in [5.41, 5.74) is 8.00. The Morgan fingerprint density at radius 1 is 1.47 bits per heavy atom. The van der Waals surface area contributed by atoms with Gasteiger partial charge in [0.25, 0.3) is 0 Å². The highest BCUT2D eigenvalue weighted by Gasteiger charge is 2.13. The molecule has 2 aromatic rings. The first-order valence-corrected chi connectivity index (χ1v) is 6.34. The highest BCUT2D eigenvalue weighted by molar-refractivity contribution is 5.46. The molecule has 1 aromatic carbocycles. The molecule has 0 saturated heterocycles. The lowest BCUT2D eigenvalue weighted by molar-refractivity contribution is 0.623. The van der Waals surface area contributed by atoms with Crippen molar-refractivity contribution in [3.63, 3.8) is 0 Å². The van der Waals surface area contributed by atoms with E-state index in [1.807, 2.05) is 26.2 Å². The molecule has 4 nitrogen and oxygen atoms in total. The Morgan fingerprint density at radius 2 is 2.26 bits per heavy atom. The normalized spacial score (nSPS) is 12.4. The van der Waals surface area contributed by atoms with Gasteiger partial charge in [-0.25, -0.2) is 4.39 Å². The average Bonchev–Trinajstić information content (AvgIpc) is 2.82. The third-order valence-corrected chi connectivity index (χ3v) is 3.13. The van der Waals surface area contributed by atoms with Crippen LogP contribution in [0.15, 0.2) is 36.7 Å². The number of halogens is 1. The zero-order chi connectivity index (χ0) is 13.8. The quantitative estimate of drug-likeness (QED) is 0.897. The monoisotopic (exact) mass is 262 g/mol. The number of nitrogens with two attached hydrogens (primary N) is 1. The minimum atomic E-state index is -0.231. The predicted octanol–water partition coefficient (Wildman–Crippen LogP) is 2.09. The van der Waals surface area contributed by atoms with Crippen LogP contribution in [0.25, 0.3) is 0 Å². The molecule has 19 heavy (non-hydrogen) atoms. The number of aryl methyl sites for hydroxylation is 1. The van der Waals surface area contributed by atoms with Crippen molar-refractivity contribution in [2.75, 3.05) is 18.0 Å². The highest BCUT2D eigenvalue weighted by Crippen LogP contribution is 2.19. The summed E-state index contributed by atoms with van der Waals surface area (Å²) in [6.45, 7) is 3.43. The largest absolute Gasteiger partial charge is 0.370 e. The second-order valence-corrected chi connectivity index (χ2v) is 4.57. The fourth-order valence-corrected chi connectivity index (χ4v) is 2.06. The van der Waals surface area contributed by atoms with Gasteiger partial charge in [-0.15, -0.1) is 0 Å². The van der Waals surface area contributed by atoms with Crippen molar-refractivity contribution in [1.29, 1.82) is 0 Å². The summed E-state index contributed by atoms with van der Waals surface area (Å²) in [5.74, 6) is -0.231. The molecule has 0 fully saturated rings. The Hall–Kier alpha value is -1.88. The maximum Gasteiger partial charge on any atom is 0.125 e. The van der Waals surface area contributed by atoms with Gasteiger partial charge < -0.3 is 10.6 Å². The lowest BCUT2D eigenvalue weighted by atomic mass is 10.1. The lowest BCUT2D eigenvalue weighted by Crippen LogP contribution is -2.32. The van der Waals surface area contributed by atoms with Gasteiger partial charge in [-0.05, 0) is 25.1 Å². The number of nitrogens with zero attached hydrogens (tertiary/aromatic N) is 3. The molecule has 0 aliphatic rings. The Labute approximate surface area is 112 Å². The summed E-state index contributed by atoms with van der Waals surface area (Å²) >= 11 is 0. The topological polar surface area (TPSA) is 47.1 Å². The maximum atomic E-state index is 13.3. The van der Waals surface area contributed by atoms with Crippen molar-refractivity contribution in [2.24, 2.45) is 12.8 Å². The Bertz CT molecular complexity index is 538. The van der Waals surface area contributed by atoms with Gasteiger partial charge in [-0.3, -0.25) is 4.68 Å². The minimum Gasteiger partial charge on any atom is -0.370 e. The van der Waals surface area contributed by atoms with Crippen molar-refractivity contribution >= 4 is 5.69 Å². The van der Waals surface area contributed by atoms with E-state index in [2.05, 4.69) is 10.00 Å². The van der Waals surface area contributed by atoms with Crippen LogP contribution in [0, 0.1) is 5.82 Å². The summed E-state index contributed by atoms with van der Waals surface area (Å²) in [6.07, 6.45) is 3.67. The van der Waals surface area contributed by atoms with E-state index in [4.69, 9.17) is 5.73 Å². The molecule has 0 amide bonds. The second kappa shape index (κ2) is 5.84. The number of rotatable bonds is 5. The van der Waals surface area contributed by atoms with Crippen LogP contribution < -0.4 is 10.6 Å². The summed E-state index contributed by atoms with van der Waals surface area (Å²) in [6, 6.07) is 6.43. The van der Waals surface area contributed by atoms with Gasteiger partial charge in [-0.2, -0.15) is 5.10 Å². The maximum absolute atomic E-state index is 13.3. The van der Waals surface area contributed by atoms with E-state index < -0.39 is 0 Å². The molecule has 0 bridgehead atoms. The minimum absolute atomic E-state index is 0.142. The molecule has 1 aromatic heterocycles. The molecule has 2 rings (SSSR count). The van der Waals surface area contributed by atoms with Gasteiger partial charge in [0.2, 0.25) is 0 Å². The van der Waals surface area contributed by atoms with E-state index >= 15 is 0 Å². The number of aromatic nitrogens is 2. The van der Waals surface area contributed by atoms with E-state index in [1.165, 1.54) is 12.1 Å². The first kappa shape index (κ1) is 13.5. The molecule has 0 radical (unpaired) electrons. The lowest BCUT2D eigenvalue weighted by Gasteiger charge is -2.26. The predicted molar refractivity (Wildman–Crippen MR) is 74.4 cm³/mol. The van der Waals surface area contributed by atoms with Crippen molar-refractivity contribution in [1.82, 2.24) is 9.78 Å². The van der Waals surface area contributed by atoms with Crippen molar-refractivity contribution in [2.45, 2.75) is 13.0 Å². The third kappa shape index (κ3) is 3.32. The molecule has 1 atom stereocenters. The second-order valence-electron chi connectivity index (χ2n) is 4.57. The van der Waals surface area contributed by atoms with E-state index in [0.29, 0.717) is 6.54 Å². The number of likely N-dealkylation sites (N-methyl/N-ethyl adjacent to an activating group) is 1. The van der Waals surface area contributed by atoms with E-state index in [-0.39, 0.29) is 11.9 Å². The van der Waals surface area contributed by atoms with E-state index in [0.717, 1.165) is 17.8 Å². The van der Waals surface area contributed by atoms with E-state index in [9.17, 15) is 4.39 Å². The molecule has 1 unspecified atom stereocenters. The molecule has 5 heteroatoms. The summed E-state index contributed by atoms with van der Waals surface area (Å²) in [7, 11) is 1.86. The van der Waals surface area contributed by atoms with Crippen LogP contribution in [-0.4, -0.2) is 22.9 Å². The summed E-state index contributed by atoms with van der Waals surface area (Å²) in [5, 5.41) is 4.12. The average molecular weight is 262 g/mol.